The smallest absolute Gasteiger partial charge is 0.331 e. The quantitative estimate of drug-likeness (QED) is 0.438. The summed E-state index contributed by atoms with van der Waals surface area (Å²) in [6.45, 7) is 1.05. The summed E-state index contributed by atoms with van der Waals surface area (Å²) in [5, 5.41) is 0.436. The number of ether oxygens (including phenoxy) is 3. The van der Waals surface area contributed by atoms with E-state index in [9.17, 15) is 4.79 Å². The largest absolute Gasteiger partial charge is 0.489 e. The van der Waals surface area contributed by atoms with Crippen LogP contribution in [0, 0.1) is 0 Å². The predicted molar refractivity (Wildman–Crippen MR) is 108 cm³/mol. The van der Waals surface area contributed by atoms with Gasteiger partial charge in [0.05, 0.1) is 24.4 Å². The summed E-state index contributed by atoms with van der Waals surface area (Å²) >= 11 is 6.25. The Bertz CT molecular complexity index is 1030. The van der Waals surface area contributed by atoms with Crippen molar-refractivity contribution < 1.29 is 23.4 Å². The van der Waals surface area contributed by atoms with Crippen LogP contribution in [0.4, 0.5) is 0 Å². The molecule has 2 heterocycles. The lowest BCUT2D eigenvalue weighted by Gasteiger charge is -2.09. The molecule has 0 fully saturated rings. The average Bonchev–Trinajstić information content (AvgIpc) is 3.09. The Hall–Kier alpha value is -3.25. The molecule has 0 amide bonds. The van der Waals surface area contributed by atoms with Crippen molar-refractivity contribution in [1.82, 2.24) is 4.98 Å². The molecule has 29 heavy (non-hydrogen) atoms. The highest BCUT2D eigenvalue weighted by molar-refractivity contribution is 6.32. The summed E-state index contributed by atoms with van der Waals surface area (Å²) in [6, 6.07) is 13.1. The fourth-order valence-corrected chi connectivity index (χ4v) is 3.08. The molecule has 0 spiro atoms. The normalized spacial score (nSPS) is 13.3. The lowest BCUT2D eigenvalue weighted by Crippen LogP contribution is -2.00. The van der Waals surface area contributed by atoms with Crippen LogP contribution in [-0.2, 0) is 16.1 Å². The first-order chi connectivity index (χ1) is 14.2. The van der Waals surface area contributed by atoms with Gasteiger partial charge in [0.1, 0.15) is 0 Å². The van der Waals surface area contributed by atoms with E-state index in [0.717, 1.165) is 12.0 Å². The van der Waals surface area contributed by atoms with E-state index >= 15 is 0 Å². The van der Waals surface area contributed by atoms with Crippen LogP contribution in [0.5, 0.6) is 11.5 Å². The van der Waals surface area contributed by atoms with E-state index in [0.29, 0.717) is 46.9 Å². The van der Waals surface area contributed by atoms with Crippen LogP contribution in [0.1, 0.15) is 17.9 Å². The summed E-state index contributed by atoms with van der Waals surface area (Å²) in [5.41, 5.74) is 1.61. The zero-order valence-electron chi connectivity index (χ0n) is 15.5. The second-order valence-corrected chi connectivity index (χ2v) is 6.71. The molecule has 7 heteroatoms. The molecule has 1 aromatic heterocycles. The third kappa shape index (κ3) is 4.78. The Labute approximate surface area is 172 Å². The molecule has 1 aliphatic rings. The van der Waals surface area contributed by atoms with Gasteiger partial charge >= 0.3 is 5.97 Å². The van der Waals surface area contributed by atoms with E-state index < -0.39 is 5.97 Å². The number of esters is 1. The lowest BCUT2D eigenvalue weighted by molar-refractivity contribution is -0.139. The lowest BCUT2D eigenvalue weighted by atomic mass is 10.2. The maximum atomic E-state index is 12.0. The van der Waals surface area contributed by atoms with Crippen LogP contribution in [-0.4, -0.2) is 24.2 Å². The van der Waals surface area contributed by atoms with Crippen molar-refractivity contribution in [2.75, 3.05) is 13.2 Å². The summed E-state index contributed by atoms with van der Waals surface area (Å²) in [5.74, 6) is 1.52. The summed E-state index contributed by atoms with van der Waals surface area (Å²) in [4.78, 5) is 16.2. The Kier molecular flexibility index (Phi) is 5.81. The minimum Gasteiger partial charge on any atom is -0.489 e. The molecule has 0 aliphatic carbocycles. The number of carbonyl (C=O) groups is 1. The number of halogens is 1. The molecule has 3 aromatic rings. The molecule has 0 bridgehead atoms. The molecule has 148 valence electrons. The summed E-state index contributed by atoms with van der Waals surface area (Å²) in [7, 11) is 0. The van der Waals surface area contributed by atoms with Gasteiger partial charge in [0.15, 0.2) is 23.9 Å². The van der Waals surface area contributed by atoms with Crippen LogP contribution in [0.3, 0.4) is 0 Å². The molecule has 4 rings (SSSR count). The molecule has 1 aliphatic heterocycles. The number of benzene rings is 2. The van der Waals surface area contributed by atoms with Crippen LogP contribution in [0.25, 0.3) is 17.4 Å². The number of oxazole rings is 1. The standard InChI is InChI=1S/C22H18ClNO5/c23-17-11-15(12-18-22(17)27-10-4-9-26-18)7-8-21(25)28-14-20-24-13-19(29-20)16-5-2-1-3-6-16/h1-3,5-8,11-13H,4,9-10,14H2/b8-7+. The third-order valence-electron chi connectivity index (χ3n) is 4.19. The number of rotatable bonds is 5. The summed E-state index contributed by atoms with van der Waals surface area (Å²) in [6.07, 6.45) is 5.31. The maximum Gasteiger partial charge on any atom is 0.331 e. The van der Waals surface area contributed by atoms with E-state index in [-0.39, 0.29) is 6.61 Å². The summed E-state index contributed by atoms with van der Waals surface area (Å²) < 4.78 is 22.0. The number of hydrogen-bond acceptors (Lipinski definition) is 6. The van der Waals surface area contributed by atoms with E-state index in [1.807, 2.05) is 30.3 Å². The Morgan fingerprint density at radius 3 is 2.86 bits per heavy atom. The van der Waals surface area contributed by atoms with Gasteiger partial charge in [-0.25, -0.2) is 9.78 Å². The molecular weight excluding hydrogens is 394 g/mol. The van der Waals surface area contributed by atoms with Gasteiger partial charge < -0.3 is 18.6 Å². The first kappa shape index (κ1) is 19.1. The Morgan fingerprint density at radius 1 is 1.17 bits per heavy atom. The van der Waals surface area contributed by atoms with E-state index in [1.54, 1.807) is 24.4 Å². The molecule has 2 aromatic carbocycles. The van der Waals surface area contributed by atoms with Gasteiger partial charge in [0.25, 0.3) is 0 Å². The molecule has 0 saturated heterocycles. The van der Waals surface area contributed by atoms with Crippen molar-refractivity contribution in [1.29, 1.82) is 0 Å². The van der Waals surface area contributed by atoms with E-state index in [1.165, 1.54) is 6.08 Å². The molecule has 0 atom stereocenters. The first-order valence-corrected chi connectivity index (χ1v) is 9.51. The molecule has 0 saturated carbocycles. The maximum absolute atomic E-state index is 12.0. The van der Waals surface area contributed by atoms with Crippen molar-refractivity contribution in [3.05, 3.63) is 71.2 Å². The SMILES string of the molecule is O=C(/C=C/c1cc(Cl)c2c(c1)OCCCO2)OCc1ncc(-c2ccccc2)o1. The van der Waals surface area contributed by atoms with Gasteiger partial charge in [0, 0.05) is 18.1 Å². The van der Waals surface area contributed by atoms with Crippen molar-refractivity contribution in [2.45, 2.75) is 13.0 Å². The van der Waals surface area contributed by atoms with Crippen LogP contribution < -0.4 is 9.47 Å². The highest BCUT2D eigenvalue weighted by atomic mass is 35.5. The van der Waals surface area contributed by atoms with Crippen LogP contribution >= 0.6 is 11.6 Å². The topological polar surface area (TPSA) is 70.8 Å². The number of fused-ring (bicyclic) bond motifs is 1. The number of carbonyl (C=O) groups excluding carboxylic acids is 1. The van der Waals surface area contributed by atoms with Gasteiger partial charge in [-0.1, -0.05) is 41.9 Å². The van der Waals surface area contributed by atoms with Crippen molar-refractivity contribution in [2.24, 2.45) is 0 Å². The van der Waals surface area contributed by atoms with Crippen LogP contribution in [0.2, 0.25) is 5.02 Å². The monoisotopic (exact) mass is 411 g/mol. The molecule has 0 radical (unpaired) electrons. The number of aromatic nitrogens is 1. The zero-order valence-corrected chi connectivity index (χ0v) is 16.2. The number of nitrogens with zero attached hydrogens (tertiary/aromatic N) is 1. The fraction of sp³-hybridized carbons (Fsp3) is 0.182. The zero-order chi connectivity index (χ0) is 20.1. The van der Waals surface area contributed by atoms with E-state index in [4.69, 9.17) is 30.2 Å². The van der Waals surface area contributed by atoms with E-state index in [2.05, 4.69) is 4.98 Å². The minimum absolute atomic E-state index is 0.0576. The Balaban J connectivity index is 1.37. The van der Waals surface area contributed by atoms with Gasteiger partial charge in [-0.3, -0.25) is 0 Å². The fourth-order valence-electron chi connectivity index (χ4n) is 2.81. The Morgan fingerprint density at radius 2 is 2.00 bits per heavy atom. The van der Waals surface area contributed by atoms with Crippen LogP contribution in [0.15, 0.2) is 59.2 Å². The highest BCUT2D eigenvalue weighted by Gasteiger charge is 2.15. The first-order valence-electron chi connectivity index (χ1n) is 9.13. The van der Waals surface area contributed by atoms with Crippen molar-refractivity contribution >= 4 is 23.6 Å². The van der Waals surface area contributed by atoms with Gasteiger partial charge in [-0.2, -0.15) is 0 Å². The van der Waals surface area contributed by atoms with Gasteiger partial charge in [0.2, 0.25) is 5.89 Å². The van der Waals surface area contributed by atoms with Gasteiger partial charge in [-0.15, -0.1) is 0 Å². The second-order valence-electron chi connectivity index (χ2n) is 6.31. The molecule has 0 N–H and O–H groups in total. The van der Waals surface area contributed by atoms with Gasteiger partial charge in [-0.05, 0) is 23.8 Å². The minimum atomic E-state index is -0.521. The average molecular weight is 412 g/mol. The second kappa shape index (κ2) is 8.84. The highest BCUT2D eigenvalue weighted by Crippen LogP contribution is 2.38. The van der Waals surface area contributed by atoms with Crippen molar-refractivity contribution in [3.8, 4) is 22.8 Å². The number of hydrogen-bond donors (Lipinski definition) is 0. The third-order valence-corrected chi connectivity index (χ3v) is 4.47. The van der Waals surface area contributed by atoms with Crippen molar-refractivity contribution in [3.63, 3.8) is 0 Å². The molecule has 0 unspecified atom stereocenters. The predicted octanol–water partition coefficient (Wildman–Crippen LogP) is 4.91. The molecule has 6 nitrogen and oxygen atoms in total. The molecular formula is C22H18ClNO5.